The van der Waals surface area contributed by atoms with Gasteiger partial charge in [0.25, 0.3) is 0 Å². The summed E-state index contributed by atoms with van der Waals surface area (Å²) in [6.07, 6.45) is 5.35. The number of nitrogens with zero attached hydrogens (tertiary/aromatic N) is 1. The van der Waals surface area contributed by atoms with Crippen LogP contribution in [0.4, 0.5) is 0 Å². The van der Waals surface area contributed by atoms with E-state index < -0.39 is 0 Å². The van der Waals surface area contributed by atoms with Crippen molar-refractivity contribution in [3.63, 3.8) is 0 Å². The molecule has 1 aliphatic rings. The fourth-order valence-electron chi connectivity index (χ4n) is 3.89. The number of hydrogen-bond donors (Lipinski definition) is 1. The average molecular weight is 423 g/mol. The molecule has 1 saturated heterocycles. The summed E-state index contributed by atoms with van der Waals surface area (Å²) >= 11 is 7.83. The van der Waals surface area contributed by atoms with Crippen molar-refractivity contribution >= 4 is 29.5 Å². The summed E-state index contributed by atoms with van der Waals surface area (Å²) in [5.74, 6) is 0.244. The normalized spacial score (nSPS) is 24.3. The molecule has 28 heavy (non-hydrogen) atoms. The molecule has 1 aromatic rings. The third-order valence-electron chi connectivity index (χ3n) is 5.47. The molecule has 1 aromatic carbocycles. The Labute approximate surface area is 180 Å². The molecule has 156 valence electrons. The van der Waals surface area contributed by atoms with E-state index in [9.17, 15) is 4.79 Å². The zero-order chi connectivity index (χ0) is 20.9. The predicted molar refractivity (Wildman–Crippen MR) is 123 cm³/mol. The highest BCUT2D eigenvalue weighted by Crippen LogP contribution is 2.44. The lowest BCUT2D eigenvalue weighted by Gasteiger charge is -2.48. The van der Waals surface area contributed by atoms with E-state index in [4.69, 9.17) is 11.6 Å². The summed E-state index contributed by atoms with van der Waals surface area (Å²) in [5.41, 5.74) is 0.801. The van der Waals surface area contributed by atoms with Gasteiger partial charge in [-0.15, -0.1) is 6.58 Å². The Bertz CT molecular complexity index is 670. The molecule has 0 saturated carbocycles. The van der Waals surface area contributed by atoms with Crippen LogP contribution < -0.4 is 4.72 Å². The standard InChI is InChI=1S/C23H35ClN2OS/c1-7-14-23(6)15-13-20(17-9-11-18(24)12-10-17)26(21(23)27)19(8-2)16-25-28-22(3,4)5/h7,9-12,19-20,25H,1,8,13-16H2,2-6H3/t19?,20?,23-/m0/s1. The van der Waals surface area contributed by atoms with E-state index in [1.54, 1.807) is 11.9 Å². The number of amides is 1. The van der Waals surface area contributed by atoms with Gasteiger partial charge in [-0.3, -0.25) is 9.52 Å². The number of likely N-dealkylation sites (tertiary alicyclic amines) is 1. The first-order valence-electron chi connectivity index (χ1n) is 10.2. The van der Waals surface area contributed by atoms with Gasteiger partial charge in [0.1, 0.15) is 0 Å². The fourth-order valence-corrected chi connectivity index (χ4v) is 4.72. The number of hydrogen-bond acceptors (Lipinski definition) is 3. The third kappa shape index (κ3) is 5.77. The molecule has 0 radical (unpaired) electrons. The van der Waals surface area contributed by atoms with Crippen molar-refractivity contribution in [3.8, 4) is 0 Å². The van der Waals surface area contributed by atoms with Gasteiger partial charge in [0.15, 0.2) is 0 Å². The van der Waals surface area contributed by atoms with Gasteiger partial charge in [-0.1, -0.05) is 55.6 Å². The van der Waals surface area contributed by atoms with Gasteiger partial charge in [0.05, 0.1) is 11.5 Å². The van der Waals surface area contributed by atoms with Crippen molar-refractivity contribution in [3.05, 3.63) is 47.5 Å². The van der Waals surface area contributed by atoms with Crippen LogP contribution in [0.15, 0.2) is 36.9 Å². The minimum absolute atomic E-state index is 0.0917. The molecule has 1 fully saturated rings. The number of carbonyl (C=O) groups is 1. The highest BCUT2D eigenvalue weighted by molar-refractivity contribution is 7.98. The first kappa shape index (κ1) is 23.3. The third-order valence-corrected chi connectivity index (χ3v) is 6.64. The highest BCUT2D eigenvalue weighted by Gasteiger charge is 2.45. The Kier molecular flexibility index (Phi) is 8.06. The second-order valence-electron chi connectivity index (χ2n) is 9.00. The van der Waals surface area contributed by atoms with Crippen LogP contribution in [-0.4, -0.2) is 28.1 Å². The van der Waals surface area contributed by atoms with Gasteiger partial charge in [-0.25, -0.2) is 0 Å². The quantitative estimate of drug-likeness (QED) is 0.388. The molecule has 0 bridgehead atoms. The van der Waals surface area contributed by atoms with E-state index in [1.165, 1.54) is 5.56 Å². The molecule has 5 heteroatoms. The monoisotopic (exact) mass is 422 g/mol. The largest absolute Gasteiger partial charge is 0.331 e. The molecule has 0 aliphatic carbocycles. The van der Waals surface area contributed by atoms with Crippen molar-refractivity contribution < 1.29 is 4.79 Å². The maximum Gasteiger partial charge on any atom is 0.229 e. The van der Waals surface area contributed by atoms with Gasteiger partial charge in [-0.05, 0) is 64.2 Å². The van der Waals surface area contributed by atoms with E-state index in [0.29, 0.717) is 0 Å². The molecule has 1 heterocycles. The van der Waals surface area contributed by atoms with Crippen LogP contribution in [0.2, 0.25) is 5.02 Å². The van der Waals surface area contributed by atoms with E-state index in [-0.39, 0.29) is 28.2 Å². The SMILES string of the molecule is C=CC[C@@]1(C)CCC(c2ccc(Cl)cc2)N(C(CC)CNSC(C)(C)C)C1=O. The van der Waals surface area contributed by atoms with Crippen LogP contribution in [0, 0.1) is 5.41 Å². The Balaban J connectivity index is 2.31. The number of rotatable bonds is 8. The summed E-state index contributed by atoms with van der Waals surface area (Å²) in [6, 6.07) is 8.21. The Morgan fingerprint density at radius 1 is 1.39 bits per heavy atom. The maximum absolute atomic E-state index is 13.7. The van der Waals surface area contributed by atoms with E-state index in [1.807, 2.05) is 18.2 Å². The molecule has 2 rings (SSSR count). The lowest BCUT2D eigenvalue weighted by molar-refractivity contribution is -0.152. The van der Waals surface area contributed by atoms with Crippen LogP contribution in [0.25, 0.3) is 0 Å². The van der Waals surface area contributed by atoms with Crippen molar-refractivity contribution in [2.24, 2.45) is 5.41 Å². The Morgan fingerprint density at radius 2 is 2.04 bits per heavy atom. The molecule has 3 nitrogen and oxygen atoms in total. The number of allylic oxidation sites excluding steroid dienone is 1. The molecule has 0 aromatic heterocycles. The molecular formula is C23H35ClN2OS. The van der Waals surface area contributed by atoms with E-state index >= 15 is 0 Å². The number of carbonyl (C=O) groups excluding carboxylic acids is 1. The van der Waals surface area contributed by atoms with Crippen molar-refractivity contribution in [1.82, 2.24) is 9.62 Å². The second-order valence-corrected chi connectivity index (χ2v) is 11.2. The fraction of sp³-hybridized carbons (Fsp3) is 0.609. The smallest absolute Gasteiger partial charge is 0.229 e. The van der Waals surface area contributed by atoms with Gasteiger partial charge in [-0.2, -0.15) is 0 Å². The number of piperidine rings is 1. The van der Waals surface area contributed by atoms with Gasteiger partial charge < -0.3 is 4.90 Å². The summed E-state index contributed by atoms with van der Waals surface area (Å²) in [7, 11) is 0. The van der Waals surface area contributed by atoms with E-state index in [2.05, 4.69) is 63.0 Å². The van der Waals surface area contributed by atoms with E-state index in [0.717, 1.165) is 37.3 Å². The van der Waals surface area contributed by atoms with Crippen LogP contribution in [0.1, 0.15) is 71.9 Å². The maximum atomic E-state index is 13.7. The molecule has 1 N–H and O–H groups in total. The second kappa shape index (κ2) is 9.69. The number of nitrogens with one attached hydrogen (secondary N) is 1. The lowest BCUT2D eigenvalue weighted by atomic mass is 9.74. The first-order chi connectivity index (χ1) is 13.1. The summed E-state index contributed by atoms with van der Waals surface area (Å²) in [6.45, 7) is 15.5. The van der Waals surface area contributed by atoms with Gasteiger partial charge in [0, 0.05) is 22.4 Å². The van der Waals surface area contributed by atoms with Crippen molar-refractivity contribution in [1.29, 1.82) is 0 Å². The molecule has 1 aliphatic heterocycles. The van der Waals surface area contributed by atoms with Gasteiger partial charge in [0.2, 0.25) is 5.91 Å². The predicted octanol–water partition coefficient (Wildman–Crippen LogP) is 6.40. The molecule has 1 amide bonds. The summed E-state index contributed by atoms with van der Waals surface area (Å²) in [4.78, 5) is 15.8. The van der Waals surface area contributed by atoms with Crippen LogP contribution in [-0.2, 0) is 4.79 Å². The average Bonchev–Trinajstić information content (AvgIpc) is 2.62. The van der Waals surface area contributed by atoms with Crippen LogP contribution in [0.5, 0.6) is 0 Å². The molecule has 0 spiro atoms. The van der Waals surface area contributed by atoms with Crippen LogP contribution in [0.3, 0.4) is 0 Å². The highest BCUT2D eigenvalue weighted by atomic mass is 35.5. The molecular weight excluding hydrogens is 388 g/mol. The van der Waals surface area contributed by atoms with Crippen molar-refractivity contribution in [2.75, 3.05) is 6.54 Å². The van der Waals surface area contributed by atoms with Crippen molar-refractivity contribution in [2.45, 2.75) is 77.1 Å². The summed E-state index contributed by atoms with van der Waals surface area (Å²) in [5, 5.41) is 0.726. The van der Waals surface area contributed by atoms with Crippen LogP contribution >= 0.6 is 23.5 Å². The Morgan fingerprint density at radius 3 is 2.57 bits per heavy atom. The van der Waals surface area contributed by atoms with Gasteiger partial charge >= 0.3 is 0 Å². The Hall–Kier alpha value is -0.970. The number of halogens is 1. The number of benzene rings is 1. The topological polar surface area (TPSA) is 32.3 Å². The first-order valence-corrected chi connectivity index (χ1v) is 11.4. The zero-order valence-corrected chi connectivity index (χ0v) is 19.5. The molecule has 2 unspecified atom stereocenters. The zero-order valence-electron chi connectivity index (χ0n) is 17.9. The summed E-state index contributed by atoms with van der Waals surface area (Å²) < 4.78 is 3.65. The molecule has 3 atom stereocenters. The minimum atomic E-state index is -0.366. The lowest BCUT2D eigenvalue weighted by Crippen LogP contribution is -2.55. The minimum Gasteiger partial charge on any atom is -0.331 e.